The normalized spacial score (nSPS) is 24.3. The third kappa shape index (κ3) is 1.26. The molecule has 0 radical (unpaired) electrons. The van der Waals surface area contributed by atoms with Crippen molar-refractivity contribution >= 4 is 5.91 Å². The highest BCUT2D eigenvalue weighted by Gasteiger charge is 2.28. The van der Waals surface area contributed by atoms with E-state index in [4.69, 9.17) is 0 Å². The molecule has 1 amide bonds. The molecule has 1 atom stereocenters. The van der Waals surface area contributed by atoms with E-state index in [9.17, 15) is 4.79 Å². The molecule has 2 N–H and O–H groups in total. The summed E-state index contributed by atoms with van der Waals surface area (Å²) in [6, 6.07) is 0.456. The molecule has 0 saturated carbocycles. The van der Waals surface area contributed by atoms with Crippen molar-refractivity contribution in [2.45, 2.75) is 32.5 Å². The zero-order valence-corrected chi connectivity index (χ0v) is 8.71. The molecule has 15 heavy (non-hydrogen) atoms. The van der Waals surface area contributed by atoms with E-state index in [1.165, 1.54) is 0 Å². The van der Waals surface area contributed by atoms with Gasteiger partial charge >= 0.3 is 0 Å². The molecule has 1 unspecified atom stereocenters. The minimum atomic E-state index is 0.0198. The van der Waals surface area contributed by atoms with Gasteiger partial charge in [0.2, 0.25) is 0 Å². The number of fused-ring (bicyclic) bond motifs is 3. The Bertz CT molecular complexity index is 423. The van der Waals surface area contributed by atoms with Gasteiger partial charge in [0.15, 0.2) is 0 Å². The van der Waals surface area contributed by atoms with Crippen LogP contribution < -0.4 is 10.6 Å². The van der Waals surface area contributed by atoms with Crippen LogP contribution in [-0.4, -0.2) is 28.3 Å². The molecule has 5 nitrogen and oxygen atoms in total. The van der Waals surface area contributed by atoms with E-state index in [0.717, 1.165) is 36.5 Å². The summed E-state index contributed by atoms with van der Waals surface area (Å²) in [7, 11) is 0. The molecule has 1 aromatic rings. The van der Waals surface area contributed by atoms with Crippen LogP contribution in [0.4, 0.5) is 0 Å². The first-order valence-electron chi connectivity index (χ1n) is 5.36. The van der Waals surface area contributed by atoms with Gasteiger partial charge in [0.25, 0.3) is 5.91 Å². The van der Waals surface area contributed by atoms with Crippen LogP contribution >= 0.6 is 0 Å². The lowest BCUT2D eigenvalue weighted by Crippen LogP contribution is -2.37. The Balaban J connectivity index is 2.11. The molecular weight excluding hydrogens is 192 g/mol. The van der Waals surface area contributed by atoms with Gasteiger partial charge in [0, 0.05) is 31.1 Å². The van der Waals surface area contributed by atoms with Crippen LogP contribution in [0.25, 0.3) is 0 Å². The van der Waals surface area contributed by atoms with Crippen molar-refractivity contribution < 1.29 is 4.79 Å². The van der Waals surface area contributed by atoms with Gasteiger partial charge in [-0.25, -0.2) is 0 Å². The Morgan fingerprint density at radius 3 is 3.27 bits per heavy atom. The fourth-order valence-electron chi connectivity index (χ4n) is 2.31. The molecule has 0 aromatic carbocycles. The number of nitrogens with zero attached hydrogens (tertiary/aromatic N) is 2. The van der Waals surface area contributed by atoms with Crippen LogP contribution in [0.15, 0.2) is 0 Å². The third-order valence-corrected chi connectivity index (χ3v) is 3.08. The lowest BCUT2D eigenvalue weighted by atomic mass is 10.0. The molecule has 0 bridgehead atoms. The van der Waals surface area contributed by atoms with Crippen molar-refractivity contribution in [1.29, 1.82) is 0 Å². The largest absolute Gasteiger partial charge is 0.349 e. The maximum atomic E-state index is 11.7. The predicted molar refractivity (Wildman–Crippen MR) is 54.6 cm³/mol. The first-order valence-corrected chi connectivity index (χ1v) is 5.36. The Labute approximate surface area is 87.8 Å². The number of aromatic nitrogens is 2. The van der Waals surface area contributed by atoms with Crippen molar-refractivity contribution in [3.63, 3.8) is 0 Å². The predicted octanol–water partition coefficient (Wildman–Crippen LogP) is -0.339. The fraction of sp³-hybridized carbons (Fsp3) is 0.600. The van der Waals surface area contributed by atoms with Crippen molar-refractivity contribution in [3.8, 4) is 0 Å². The molecule has 0 fully saturated rings. The Morgan fingerprint density at radius 1 is 1.53 bits per heavy atom. The van der Waals surface area contributed by atoms with Crippen LogP contribution in [0, 0.1) is 0 Å². The zero-order valence-electron chi connectivity index (χ0n) is 8.71. The van der Waals surface area contributed by atoms with Gasteiger partial charge in [0.05, 0.1) is 12.2 Å². The monoisotopic (exact) mass is 206 g/mol. The second-order valence-electron chi connectivity index (χ2n) is 4.24. The highest BCUT2D eigenvalue weighted by atomic mass is 16.2. The molecule has 5 heteroatoms. The molecule has 0 saturated heterocycles. The molecule has 3 rings (SSSR count). The third-order valence-electron chi connectivity index (χ3n) is 3.08. The number of carbonyl (C=O) groups excluding carboxylic acids is 1. The summed E-state index contributed by atoms with van der Waals surface area (Å²) in [6.45, 7) is 4.39. The lowest BCUT2D eigenvalue weighted by Gasteiger charge is -2.20. The van der Waals surface area contributed by atoms with Crippen molar-refractivity contribution in [1.82, 2.24) is 20.4 Å². The van der Waals surface area contributed by atoms with Crippen LogP contribution in [-0.2, 0) is 19.5 Å². The average molecular weight is 206 g/mol. The SMILES string of the molecule is CC1Cc2nn3c(c2CN1)C(=O)NCC3. The van der Waals surface area contributed by atoms with Gasteiger partial charge in [0.1, 0.15) is 5.69 Å². The summed E-state index contributed by atoms with van der Waals surface area (Å²) in [6.07, 6.45) is 0.919. The maximum absolute atomic E-state index is 11.7. The maximum Gasteiger partial charge on any atom is 0.269 e. The minimum Gasteiger partial charge on any atom is -0.349 e. The molecule has 2 aliphatic rings. The summed E-state index contributed by atoms with van der Waals surface area (Å²) in [4.78, 5) is 11.7. The number of hydrogen-bond acceptors (Lipinski definition) is 3. The van der Waals surface area contributed by atoms with Gasteiger partial charge in [-0.15, -0.1) is 0 Å². The molecule has 1 aromatic heterocycles. The molecule has 0 spiro atoms. The number of amides is 1. The highest BCUT2D eigenvalue weighted by molar-refractivity contribution is 5.94. The molecule has 2 aliphatic heterocycles. The summed E-state index contributed by atoms with van der Waals surface area (Å²) in [5.41, 5.74) is 2.94. The lowest BCUT2D eigenvalue weighted by molar-refractivity contribution is 0.0923. The average Bonchev–Trinajstić information content (AvgIpc) is 2.56. The Hall–Kier alpha value is -1.36. The fourth-order valence-corrected chi connectivity index (χ4v) is 2.31. The van der Waals surface area contributed by atoms with E-state index in [1.807, 2.05) is 4.68 Å². The van der Waals surface area contributed by atoms with Gasteiger partial charge < -0.3 is 10.6 Å². The smallest absolute Gasteiger partial charge is 0.269 e. The number of carbonyl (C=O) groups is 1. The van der Waals surface area contributed by atoms with E-state index < -0.39 is 0 Å². The van der Waals surface area contributed by atoms with Crippen LogP contribution in [0.5, 0.6) is 0 Å². The Kier molecular flexibility index (Phi) is 1.82. The second-order valence-corrected chi connectivity index (χ2v) is 4.24. The number of rotatable bonds is 0. The summed E-state index contributed by atoms with van der Waals surface area (Å²) in [5.74, 6) is 0.0198. The summed E-state index contributed by atoms with van der Waals surface area (Å²) < 4.78 is 1.85. The summed E-state index contributed by atoms with van der Waals surface area (Å²) >= 11 is 0. The van der Waals surface area contributed by atoms with Gasteiger partial charge in [-0.3, -0.25) is 9.48 Å². The second kappa shape index (κ2) is 3.06. The molecule has 3 heterocycles. The topological polar surface area (TPSA) is 59.0 Å². The van der Waals surface area contributed by atoms with E-state index in [2.05, 4.69) is 22.7 Å². The quantitative estimate of drug-likeness (QED) is 0.610. The minimum absolute atomic E-state index is 0.0198. The molecular formula is C10H14N4O. The standard InChI is InChI=1S/C10H14N4O/c1-6-4-8-7(5-12-6)9-10(15)11-2-3-14(9)13-8/h6,12H,2-5H2,1H3,(H,11,15). The van der Waals surface area contributed by atoms with Crippen LogP contribution in [0.2, 0.25) is 0 Å². The van der Waals surface area contributed by atoms with Crippen molar-refractivity contribution in [3.05, 3.63) is 17.0 Å². The van der Waals surface area contributed by atoms with Gasteiger partial charge in [-0.05, 0) is 6.92 Å². The number of nitrogens with one attached hydrogen (secondary N) is 2. The van der Waals surface area contributed by atoms with E-state index in [0.29, 0.717) is 12.6 Å². The molecule has 0 aliphatic carbocycles. The van der Waals surface area contributed by atoms with Crippen LogP contribution in [0.1, 0.15) is 28.7 Å². The van der Waals surface area contributed by atoms with Crippen molar-refractivity contribution in [2.24, 2.45) is 0 Å². The first-order chi connectivity index (χ1) is 7.25. The van der Waals surface area contributed by atoms with E-state index in [1.54, 1.807) is 0 Å². The first kappa shape index (κ1) is 8.91. The Morgan fingerprint density at radius 2 is 2.40 bits per heavy atom. The van der Waals surface area contributed by atoms with Crippen LogP contribution in [0.3, 0.4) is 0 Å². The van der Waals surface area contributed by atoms with E-state index in [-0.39, 0.29) is 5.91 Å². The van der Waals surface area contributed by atoms with E-state index >= 15 is 0 Å². The van der Waals surface area contributed by atoms with Gasteiger partial charge in [-0.1, -0.05) is 0 Å². The van der Waals surface area contributed by atoms with Gasteiger partial charge in [-0.2, -0.15) is 5.10 Å². The summed E-state index contributed by atoms with van der Waals surface area (Å²) in [5, 5.41) is 10.7. The van der Waals surface area contributed by atoms with Crippen molar-refractivity contribution in [2.75, 3.05) is 6.54 Å². The zero-order chi connectivity index (χ0) is 10.4. The number of hydrogen-bond donors (Lipinski definition) is 2. The highest BCUT2D eigenvalue weighted by Crippen LogP contribution is 2.21. The molecule has 80 valence electrons.